The van der Waals surface area contributed by atoms with Crippen molar-refractivity contribution in [2.75, 3.05) is 6.61 Å². The zero-order chi connectivity index (χ0) is 13.8. The summed E-state index contributed by atoms with van der Waals surface area (Å²) in [4.78, 5) is 0. The molecule has 0 amide bonds. The first-order valence-electron chi connectivity index (χ1n) is 6.03. The molecule has 1 N–H and O–H groups in total. The summed E-state index contributed by atoms with van der Waals surface area (Å²) in [6.45, 7) is 2.46. The second kappa shape index (κ2) is 5.69. The Morgan fingerprint density at radius 2 is 1.63 bits per heavy atom. The molecule has 2 nitrogen and oxygen atoms in total. The molecule has 0 spiro atoms. The molecule has 4 heteroatoms. The fourth-order valence-electron chi connectivity index (χ4n) is 1.75. The zero-order valence-corrected chi connectivity index (χ0v) is 10.5. The molecule has 0 aliphatic carbocycles. The van der Waals surface area contributed by atoms with Gasteiger partial charge < -0.3 is 9.84 Å². The summed E-state index contributed by atoms with van der Waals surface area (Å²) in [6.07, 6.45) is 0.829. The largest absolute Gasteiger partial charge is 0.508 e. The number of ether oxygens (including phenoxy) is 1. The third-order valence-corrected chi connectivity index (χ3v) is 2.66. The van der Waals surface area contributed by atoms with E-state index in [2.05, 4.69) is 0 Å². The van der Waals surface area contributed by atoms with Gasteiger partial charge in [-0.05, 0) is 30.7 Å². The highest BCUT2D eigenvalue weighted by Gasteiger charge is 2.11. The molecule has 0 unspecified atom stereocenters. The van der Waals surface area contributed by atoms with Crippen LogP contribution in [0.25, 0.3) is 11.1 Å². The SMILES string of the molecule is CCCOc1ccc(-c2ccc(O)cc2F)c(F)c1. The van der Waals surface area contributed by atoms with Gasteiger partial charge in [-0.25, -0.2) is 8.78 Å². The molecule has 19 heavy (non-hydrogen) atoms. The van der Waals surface area contributed by atoms with Crippen LogP contribution in [0.2, 0.25) is 0 Å². The summed E-state index contributed by atoms with van der Waals surface area (Å²) in [6, 6.07) is 7.92. The molecule has 2 aromatic rings. The van der Waals surface area contributed by atoms with E-state index in [1.807, 2.05) is 6.92 Å². The predicted octanol–water partition coefficient (Wildman–Crippen LogP) is 4.13. The van der Waals surface area contributed by atoms with Gasteiger partial charge in [-0.3, -0.25) is 0 Å². The molecule has 0 saturated carbocycles. The number of hydrogen-bond acceptors (Lipinski definition) is 2. The first kappa shape index (κ1) is 13.3. The van der Waals surface area contributed by atoms with E-state index in [1.165, 1.54) is 24.3 Å². The van der Waals surface area contributed by atoms with Gasteiger partial charge in [0.05, 0.1) is 6.61 Å². The number of hydrogen-bond donors (Lipinski definition) is 1. The second-order valence-corrected chi connectivity index (χ2v) is 4.15. The Balaban J connectivity index is 2.35. The van der Waals surface area contributed by atoms with Crippen molar-refractivity contribution < 1.29 is 18.6 Å². The Morgan fingerprint density at radius 3 is 2.21 bits per heavy atom. The van der Waals surface area contributed by atoms with Crippen molar-refractivity contribution in [1.82, 2.24) is 0 Å². The Labute approximate surface area is 110 Å². The molecule has 0 bridgehead atoms. The van der Waals surface area contributed by atoms with E-state index in [-0.39, 0.29) is 16.9 Å². The number of aromatic hydroxyl groups is 1. The third-order valence-electron chi connectivity index (χ3n) is 2.66. The Morgan fingerprint density at radius 1 is 1.00 bits per heavy atom. The number of phenolic OH excluding ortho intramolecular Hbond substituents is 1. The van der Waals surface area contributed by atoms with E-state index < -0.39 is 11.6 Å². The van der Waals surface area contributed by atoms with Crippen molar-refractivity contribution in [3.05, 3.63) is 48.0 Å². The maximum Gasteiger partial charge on any atom is 0.134 e. The quantitative estimate of drug-likeness (QED) is 0.899. The van der Waals surface area contributed by atoms with Crippen LogP contribution in [0.5, 0.6) is 11.5 Å². The third kappa shape index (κ3) is 3.02. The summed E-state index contributed by atoms with van der Waals surface area (Å²) >= 11 is 0. The first-order valence-corrected chi connectivity index (χ1v) is 6.03. The standard InChI is InChI=1S/C15H14F2O2/c1-2-7-19-11-4-6-13(15(17)9-11)12-5-3-10(18)8-14(12)16/h3-6,8-9,18H,2,7H2,1H3. The number of rotatable bonds is 4. The topological polar surface area (TPSA) is 29.5 Å². The molecular formula is C15H14F2O2. The summed E-state index contributed by atoms with van der Waals surface area (Å²) in [7, 11) is 0. The molecule has 2 rings (SSSR count). The zero-order valence-electron chi connectivity index (χ0n) is 10.5. The lowest BCUT2D eigenvalue weighted by molar-refractivity contribution is 0.316. The van der Waals surface area contributed by atoms with Gasteiger partial charge in [0.25, 0.3) is 0 Å². The van der Waals surface area contributed by atoms with Crippen LogP contribution in [-0.4, -0.2) is 11.7 Å². The van der Waals surface area contributed by atoms with E-state index in [4.69, 9.17) is 9.84 Å². The molecule has 0 saturated heterocycles. The number of halogens is 2. The highest BCUT2D eigenvalue weighted by molar-refractivity contribution is 5.66. The molecule has 0 atom stereocenters. The maximum atomic E-state index is 13.9. The molecule has 0 fully saturated rings. The van der Waals surface area contributed by atoms with Crippen LogP contribution in [-0.2, 0) is 0 Å². The summed E-state index contributed by atoms with van der Waals surface area (Å²) < 4.78 is 32.9. The van der Waals surface area contributed by atoms with Crippen LogP contribution in [0, 0.1) is 11.6 Å². The van der Waals surface area contributed by atoms with Gasteiger partial charge in [0.2, 0.25) is 0 Å². The molecule has 2 aromatic carbocycles. The molecule has 100 valence electrons. The lowest BCUT2D eigenvalue weighted by Gasteiger charge is -2.09. The average molecular weight is 264 g/mol. The van der Waals surface area contributed by atoms with Crippen LogP contribution in [0.4, 0.5) is 8.78 Å². The van der Waals surface area contributed by atoms with Crippen LogP contribution in [0.1, 0.15) is 13.3 Å². The summed E-state index contributed by atoms with van der Waals surface area (Å²) in [5.74, 6) is -0.994. The maximum absolute atomic E-state index is 13.9. The van der Waals surface area contributed by atoms with Crippen LogP contribution in [0.3, 0.4) is 0 Å². The van der Waals surface area contributed by atoms with E-state index in [0.29, 0.717) is 12.4 Å². The van der Waals surface area contributed by atoms with Gasteiger partial charge in [0.15, 0.2) is 0 Å². The fourth-order valence-corrected chi connectivity index (χ4v) is 1.75. The van der Waals surface area contributed by atoms with Crippen molar-refractivity contribution in [1.29, 1.82) is 0 Å². The Bertz CT molecular complexity index is 582. The lowest BCUT2D eigenvalue weighted by Crippen LogP contribution is -1.96. The minimum absolute atomic E-state index is 0.109. The summed E-state index contributed by atoms with van der Waals surface area (Å²) in [5.41, 5.74) is 0.249. The molecule has 0 aliphatic heterocycles. The van der Waals surface area contributed by atoms with E-state index >= 15 is 0 Å². The average Bonchev–Trinajstić information content (AvgIpc) is 2.37. The van der Waals surface area contributed by atoms with Crippen molar-refractivity contribution in [3.63, 3.8) is 0 Å². The molecular weight excluding hydrogens is 250 g/mol. The molecule has 0 radical (unpaired) electrons. The van der Waals surface area contributed by atoms with Gasteiger partial charge in [-0.2, -0.15) is 0 Å². The highest BCUT2D eigenvalue weighted by Crippen LogP contribution is 2.30. The van der Waals surface area contributed by atoms with Crippen molar-refractivity contribution in [2.24, 2.45) is 0 Å². The number of benzene rings is 2. The lowest BCUT2D eigenvalue weighted by atomic mass is 10.0. The number of phenols is 1. The fraction of sp³-hybridized carbons (Fsp3) is 0.200. The minimum atomic E-state index is -0.666. The predicted molar refractivity (Wildman–Crippen MR) is 69.2 cm³/mol. The van der Waals surface area contributed by atoms with Crippen molar-refractivity contribution >= 4 is 0 Å². The van der Waals surface area contributed by atoms with Crippen LogP contribution in [0.15, 0.2) is 36.4 Å². The summed E-state index contributed by atoms with van der Waals surface area (Å²) in [5, 5.41) is 9.14. The van der Waals surface area contributed by atoms with Crippen molar-refractivity contribution in [3.8, 4) is 22.6 Å². The van der Waals surface area contributed by atoms with Gasteiger partial charge in [-0.1, -0.05) is 6.92 Å². The van der Waals surface area contributed by atoms with Gasteiger partial charge in [-0.15, -0.1) is 0 Å². The minimum Gasteiger partial charge on any atom is -0.508 e. The van der Waals surface area contributed by atoms with Crippen LogP contribution >= 0.6 is 0 Å². The Kier molecular flexibility index (Phi) is 4.00. The van der Waals surface area contributed by atoms with E-state index in [9.17, 15) is 8.78 Å². The van der Waals surface area contributed by atoms with E-state index in [1.54, 1.807) is 6.07 Å². The first-order chi connectivity index (χ1) is 9.11. The monoisotopic (exact) mass is 264 g/mol. The highest BCUT2D eigenvalue weighted by atomic mass is 19.1. The Hall–Kier alpha value is -2.10. The van der Waals surface area contributed by atoms with Crippen LogP contribution < -0.4 is 4.74 Å². The molecule has 0 aliphatic rings. The van der Waals surface area contributed by atoms with Gasteiger partial charge >= 0.3 is 0 Å². The smallest absolute Gasteiger partial charge is 0.134 e. The van der Waals surface area contributed by atoms with E-state index in [0.717, 1.165) is 12.5 Å². The van der Waals surface area contributed by atoms with Crippen molar-refractivity contribution in [2.45, 2.75) is 13.3 Å². The normalized spacial score (nSPS) is 10.5. The second-order valence-electron chi connectivity index (χ2n) is 4.15. The molecule has 0 aromatic heterocycles. The molecule has 0 heterocycles. The van der Waals surface area contributed by atoms with Gasteiger partial charge in [0, 0.05) is 23.3 Å². The van der Waals surface area contributed by atoms with Gasteiger partial charge in [0.1, 0.15) is 23.1 Å².